The maximum Gasteiger partial charge on any atom is 0.0359 e. The van der Waals surface area contributed by atoms with Crippen LogP contribution in [0.3, 0.4) is 0 Å². The van der Waals surface area contributed by atoms with E-state index in [1.807, 2.05) is 0 Å². The molecular weight excluding hydrogens is 204 g/mol. The Labute approximate surface area is 102 Å². The van der Waals surface area contributed by atoms with Gasteiger partial charge in [-0.25, -0.2) is 0 Å². The summed E-state index contributed by atoms with van der Waals surface area (Å²) in [6.45, 7) is 6.74. The lowest BCUT2D eigenvalue weighted by molar-refractivity contribution is 0.457. The summed E-state index contributed by atoms with van der Waals surface area (Å²) in [5.74, 6) is 0.701. The first kappa shape index (κ1) is 15.3. The minimum Gasteiger partial charge on any atom is -0.123 e. The lowest BCUT2D eigenvalue weighted by Gasteiger charge is -2.15. The van der Waals surface area contributed by atoms with Gasteiger partial charge < -0.3 is 0 Å². The largest absolute Gasteiger partial charge is 0.123 e. The molecule has 0 aliphatic heterocycles. The van der Waals surface area contributed by atoms with Gasteiger partial charge in [0, 0.05) is 5.38 Å². The minimum absolute atomic E-state index is 0.394. The Morgan fingerprint density at radius 3 is 1.93 bits per heavy atom. The summed E-state index contributed by atoms with van der Waals surface area (Å²) in [5.41, 5.74) is 0. The van der Waals surface area contributed by atoms with Crippen molar-refractivity contribution >= 4 is 11.6 Å². The van der Waals surface area contributed by atoms with Crippen LogP contribution in [0.1, 0.15) is 78.6 Å². The van der Waals surface area contributed by atoms with E-state index in [0.29, 0.717) is 11.3 Å². The van der Waals surface area contributed by atoms with Crippen molar-refractivity contribution in [3.63, 3.8) is 0 Å². The summed E-state index contributed by atoms with van der Waals surface area (Å²) in [5, 5.41) is 0.394. The second-order valence-electron chi connectivity index (χ2n) is 4.81. The first-order valence-corrected chi connectivity index (χ1v) is 7.30. The van der Waals surface area contributed by atoms with Crippen LogP contribution in [0, 0.1) is 5.92 Å². The number of hydrogen-bond acceptors (Lipinski definition) is 0. The highest BCUT2D eigenvalue weighted by atomic mass is 35.5. The van der Waals surface area contributed by atoms with E-state index in [1.54, 1.807) is 0 Å². The van der Waals surface area contributed by atoms with Gasteiger partial charge in [0.25, 0.3) is 0 Å². The Kier molecular flexibility index (Phi) is 11.0. The molecule has 2 unspecified atom stereocenters. The predicted molar refractivity (Wildman–Crippen MR) is 71.7 cm³/mol. The Hall–Kier alpha value is 0.290. The van der Waals surface area contributed by atoms with Gasteiger partial charge in [-0.2, -0.15) is 0 Å². The molecule has 0 aromatic rings. The van der Waals surface area contributed by atoms with Gasteiger partial charge in [-0.3, -0.25) is 0 Å². The second-order valence-corrected chi connectivity index (χ2v) is 5.37. The number of unbranched alkanes of at least 4 members (excludes halogenated alkanes) is 6. The SMILES string of the molecule is CCCCCCCCCC(C)C(Cl)CC. The fourth-order valence-corrected chi connectivity index (χ4v) is 2.13. The monoisotopic (exact) mass is 232 g/mol. The number of alkyl halides is 1. The van der Waals surface area contributed by atoms with Gasteiger partial charge in [0.05, 0.1) is 0 Å². The van der Waals surface area contributed by atoms with E-state index in [-0.39, 0.29) is 0 Å². The smallest absolute Gasteiger partial charge is 0.0359 e. The van der Waals surface area contributed by atoms with Crippen LogP contribution in [0.2, 0.25) is 0 Å². The molecule has 0 rings (SSSR count). The van der Waals surface area contributed by atoms with Crippen molar-refractivity contribution in [2.75, 3.05) is 0 Å². The van der Waals surface area contributed by atoms with Crippen LogP contribution in [0.15, 0.2) is 0 Å². The topological polar surface area (TPSA) is 0 Å². The van der Waals surface area contributed by atoms with Crippen LogP contribution in [-0.4, -0.2) is 5.38 Å². The molecule has 92 valence electrons. The highest BCUT2D eigenvalue weighted by Gasteiger charge is 2.11. The van der Waals surface area contributed by atoms with Crippen molar-refractivity contribution in [2.45, 2.75) is 83.9 Å². The van der Waals surface area contributed by atoms with Crippen molar-refractivity contribution < 1.29 is 0 Å². The number of halogens is 1. The summed E-state index contributed by atoms with van der Waals surface area (Å²) in [7, 11) is 0. The molecule has 0 fully saturated rings. The van der Waals surface area contributed by atoms with Gasteiger partial charge in [0.15, 0.2) is 0 Å². The van der Waals surface area contributed by atoms with Gasteiger partial charge in [-0.05, 0) is 18.8 Å². The highest BCUT2D eigenvalue weighted by molar-refractivity contribution is 6.20. The molecule has 0 saturated carbocycles. The van der Waals surface area contributed by atoms with Crippen molar-refractivity contribution in [1.29, 1.82) is 0 Å². The average Bonchev–Trinajstić information content (AvgIpc) is 2.26. The predicted octanol–water partition coefficient (Wildman–Crippen LogP) is 5.78. The molecule has 0 aromatic carbocycles. The third-order valence-corrected chi connectivity index (χ3v) is 4.01. The molecule has 0 spiro atoms. The lowest BCUT2D eigenvalue weighted by atomic mass is 9.97. The molecule has 0 aromatic heterocycles. The summed E-state index contributed by atoms with van der Waals surface area (Å²) in [6, 6.07) is 0. The summed E-state index contributed by atoms with van der Waals surface area (Å²) < 4.78 is 0. The van der Waals surface area contributed by atoms with Crippen LogP contribution in [0.5, 0.6) is 0 Å². The zero-order valence-electron chi connectivity index (χ0n) is 10.9. The highest BCUT2D eigenvalue weighted by Crippen LogP contribution is 2.20. The molecule has 0 nitrogen and oxygen atoms in total. The van der Waals surface area contributed by atoms with Crippen molar-refractivity contribution in [2.24, 2.45) is 5.92 Å². The maximum absolute atomic E-state index is 6.20. The fourth-order valence-electron chi connectivity index (χ4n) is 2.01. The van der Waals surface area contributed by atoms with Crippen LogP contribution < -0.4 is 0 Å². The second kappa shape index (κ2) is 10.8. The summed E-state index contributed by atoms with van der Waals surface area (Å²) in [6.07, 6.45) is 12.2. The first-order chi connectivity index (χ1) is 7.22. The standard InChI is InChI=1S/C14H29Cl/c1-4-6-7-8-9-10-11-12-13(3)14(15)5-2/h13-14H,4-12H2,1-3H3. The van der Waals surface area contributed by atoms with E-state index in [0.717, 1.165) is 6.42 Å². The molecule has 0 N–H and O–H groups in total. The van der Waals surface area contributed by atoms with Crippen LogP contribution in [0.4, 0.5) is 0 Å². The van der Waals surface area contributed by atoms with E-state index < -0.39 is 0 Å². The molecule has 1 heteroatoms. The van der Waals surface area contributed by atoms with E-state index in [4.69, 9.17) is 11.6 Å². The van der Waals surface area contributed by atoms with Gasteiger partial charge in [-0.1, -0.05) is 65.7 Å². The molecule has 0 amide bonds. The van der Waals surface area contributed by atoms with Crippen LogP contribution in [-0.2, 0) is 0 Å². The molecule has 15 heavy (non-hydrogen) atoms. The van der Waals surface area contributed by atoms with Gasteiger partial charge in [-0.15, -0.1) is 11.6 Å². The normalized spacial score (nSPS) is 15.2. The number of rotatable bonds is 10. The van der Waals surface area contributed by atoms with Crippen molar-refractivity contribution in [3.05, 3.63) is 0 Å². The summed E-state index contributed by atoms with van der Waals surface area (Å²) in [4.78, 5) is 0. The van der Waals surface area contributed by atoms with Crippen LogP contribution >= 0.6 is 11.6 Å². The third-order valence-electron chi connectivity index (χ3n) is 3.27. The Morgan fingerprint density at radius 2 is 1.40 bits per heavy atom. The molecule has 0 aliphatic carbocycles. The van der Waals surface area contributed by atoms with E-state index in [1.165, 1.54) is 51.4 Å². The zero-order valence-corrected chi connectivity index (χ0v) is 11.7. The van der Waals surface area contributed by atoms with Crippen molar-refractivity contribution in [3.8, 4) is 0 Å². The zero-order chi connectivity index (χ0) is 11.5. The van der Waals surface area contributed by atoms with Gasteiger partial charge >= 0.3 is 0 Å². The third kappa shape index (κ3) is 9.23. The summed E-state index contributed by atoms with van der Waals surface area (Å²) >= 11 is 6.20. The fraction of sp³-hybridized carbons (Fsp3) is 1.00. The molecule has 0 saturated heterocycles. The number of hydrogen-bond donors (Lipinski definition) is 0. The lowest BCUT2D eigenvalue weighted by Crippen LogP contribution is -2.09. The van der Waals surface area contributed by atoms with E-state index in [9.17, 15) is 0 Å². The Balaban J connectivity index is 3.16. The minimum atomic E-state index is 0.394. The molecule has 2 atom stereocenters. The van der Waals surface area contributed by atoms with Crippen molar-refractivity contribution in [1.82, 2.24) is 0 Å². The quantitative estimate of drug-likeness (QED) is 0.331. The molecule has 0 radical (unpaired) electrons. The molecule has 0 aliphatic rings. The molecule has 0 bridgehead atoms. The van der Waals surface area contributed by atoms with Crippen LogP contribution in [0.25, 0.3) is 0 Å². The van der Waals surface area contributed by atoms with E-state index >= 15 is 0 Å². The Morgan fingerprint density at radius 1 is 0.867 bits per heavy atom. The van der Waals surface area contributed by atoms with Gasteiger partial charge in [0.1, 0.15) is 0 Å². The Bertz CT molecular complexity index is 123. The average molecular weight is 233 g/mol. The first-order valence-electron chi connectivity index (χ1n) is 6.86. The van der Waals surface area contributed by atoms with Gasteiger partial charge in [0.2, 0.25) is 0 Å². The molecule has 0 heterocycles. The van der Waals surface area contributed by atoms with E-state index in [2.05, 4.69) is 20.8 Å². The maximum atomic E-state index is 6.20. The molecular formula is C14H29Cl.